The Hall–Kier alpha value is -7.19. The summed E-state index contributed by atoms with van der Waals surface area (Å²) in [5.41, 5.74) is 3.11. The molecule has 5 aliphatic rings. The maximum atomic E-state index is 15.7. The number of aryl methyl sites for hydroxylation is 2. The summed E-state index contributed by atoms with van der Waals surface area (Å²) in [6.07, 6.45) is 4.03. The van der Waals surface area contributed by atoms with E-state index in [0.29, 0.717) is 77.4 Å². The number of hydrogen-bond acceptors (Lipinski definition) is 12. The van der Waals surface area contributed by atoms with Gasteiger partial charge in [-0.05, 0) is 104 Å². The van der Waals surface area contributed by atoms with E-state index in [-0.39, 0.29) is 101 Å². The highest BCUT2D eigenvalue weighted by Gasteiger charge is 2.52. The van der Waals surface area contributed by atoms with Crippen LogP contribution in [0.5, 0.6) is 0 Å². The third kappa shape index (κ3) is 11.6. The molecule has 3 saturated heterocycles. The van der Waals surface area contributed by atoms with Gasteiger partial charge in [-0.25, -0.2) is 46.3 Å². The first-order valence-corrected chi connectivity index (χ1v) is 28.9. The smallest absolute Gasteiger partial charge is 0.399 e. The van der Waals surface area contributed by atoms with Crippen LogP contribution in [0.15, 0.2) is 61.2 Å². The molecule has 0 N–H and O–H groups in total. The molecule has 26 heteroatoms. The molecule has 18 nitrogen and oxygen atoms in total. The van der Waals surface area contributed by atoms with Crippen LogP contribution in [0.1, 0.15) is 146 Å². The Morgan fingerprint density at radius 2 is 1.05 bits per heavy atom. The number of amides is 2. The predicted molar refractivity (Wildman–Crippen MR) is 317 cm³/mol. The Bertz CT molecular complexity index is 3900. The van der Waals surface area contributed by atoms with Crippen molar-refractivity contribution in [2.75, 3.05) is 40.5 Å². The van der Waals surface area contributed by atoms with E-state index in [1.54, 1.807) is 54.9 Å². The van der Waals surface area contributed by atoms with Gasteiger partial charge < -0.3 is 37.7 Å². The lowest BCUT2D eigenvalue weighted by Gasteiger charge is -2.32. The molecule has 0 radical (unpaired) electrons. The molecule has 5 aliphatic heterocycles. The van der Waals surface area contributed by atoms with E-state index in [4.69, 9.17) is 40.4 Å². The standard InChI is InChI=1S/C27H27F3N6O2.C23H22ClF3N4O2.C10H17BN2O2.CH4/c1-14-27(37)34(2)13-21-24(33-26(36(14)21)15-6-8-38-9-7-15)22-17-10-18(25(29)30)23(16-11-31-35(3)12-16)32-20(17)5-4-19(22)28;1-11-23(32)30(2)10-17-19(29-22(31(11)17)12-5-7-33-8-6-12)18-13-9-14(21(26)27)20(24)28-16(13)4-3-15(18)25;1-9(2)10(3,4)15-11(14-9)8-6-12-13(5)7-8;/h4-5,10-12,14-15,25H,6-9,13H2,1-3H3;3-4,9,11-12,21H,5-8,10H2,1-2H3;6-7H,1-5H3;1H4. The third-order valence-corrected chi connectivity index (χ3v) is 17.6. The molecule has 3 fully saturated rings. The molecule has 11 heterocycles. The summed E-state index contributed by atoms with van der Waals surface area (Å²) in [5.74, 6) is 0.190. The second-order valence-electron chi connectivity index (χ2n) is 23.6. The number of hydrogen-bond donors (Lipinski definition) is 0. The number of benzene rings is 2. The van der Waals surface area contributed by atoms with Crippen molar-refractivity contribution in [2.45, 2.75) is 136 Å². The minimum atomic E-state index is -2.86. The molecule has 87 heavy (non-hydrogen) atoms. The predicted octanol–water partition coefficient (Wildman–Crippen LogP) is 11.6. The molecule has 462 valence electrons. The van der Waals surface area contributed by atoms with Crippen molar-refractivity contribution in [2.24, 2.45) is 14.1 Å². The van der Waals surface area contributed by atoms with Gasteiger partial charge in [0, 0.05) is 124 Å². The van der Waals surface area contributed by atoms with Gasteiger partial charge in [0.25, 0.3) is 12.9 Å². The average molecular weight is 1230 g/mol. The molecule has 13 rings (SSSR count). The Labute approximate surface area is 505 Å². The molecular formula is C61H70BClF6N12O6. The lowest BCUT2D eigenvalue weighted by atomic mass is 9.82. The molecule has 0 spiro atoms. The van der Waals surface area contributed by atoms with E-state index in [9.17, 15) is 27.2 Å². The summed E-state index contributed by atoms with van der Waals surface area (Å²) >= 11 is 5.95. The highest BCUT2D eigenvalue weighted by molar-refractivity contribution is 6.62. The van der Waals surface area contributed by atoms with E-state index in [1.165, 1.54) is 47.3 Å². The number of aromatic nitrogens is 10. The number of likely N-dealkylation sites (N-methyl/N-ethyl adjacent to an activating group) is 2. The van der Waals surface area contributed by atoms with Crippen LogP contribution in [-0.2, 0) is 55.6 Å². The van der Waals surface area contributed by atoms with Crippen LogP contribution in [0, 0.1) is 11.6 Å². The highest BCUT2D eigenvalue weighted by atomic mass is 35.5. The number of fused-ring (bicyclic) bond motifs is 4. The van der Waals surface area contributed by atoms with Crippen molar-refractivity contribution < 1.29 is 54.7 Å². The molecule has 0 bridgehead atoms. The van der Waals surface area contributed by atoms with Gasteiger partial charge in [-0.15, -0.1) is 0 Å². The zero-order chi connectivity index (χ0) is 61.4. The first-order valence-electron chi connectivity index (χ1n) is 28.5. The Morgan fingerprint density at radius 1 is 0.609 bits per heavy atom. The topological polar surface area (TPSA) is 175 Å². The number of alkyl halides is 4. The third-order valence-electron chi connectivity index (χ3n) is 17.3. The van der Waals surface area contributed by atoms with E-state index in [1.807, 2.05) is 57.0 Å². The van der Waals surface area contributed by atoms with Crippen LogP contribution in [0.3, 0.4) is 0 Å². The second kappa shape index (κ2) is 24.4. The molecular weight excluding hydrogens is 1160 g/mol. The van der Waals surface area contributed by atoms with Gasteiger partial charge >= 0.3 is 7.12 Å². The number of pyridine rings is 2. The largest absolute Gasteiger partial charge is 0.498 e. The lowest BCUT2D eigenvalue weighted by molar-refractivity contribution is -0.136. The molecule has 0 aliphatic carbocycles. The number of imidazole rings is 2. The van der Waals surface area contributed by atoms with Crippen LogP contribution in [0.25, 0.3) is 55.6 Å². The molecule has 2 atom stereocenters. The Morgan fingerprint density at radius 3 is 1.47 bits per heavy atom. The van der Waals surface area contributed by atoms with E-state index in [2.05, 4.69) is 20.2 Å². The van der Waals surface area contributed by atoms with E-state index < -0.39 is 42.1 Å². The van der Waals surface area contributed by atoms with Crippen molar-refractivity contribution in [3.05, 3.63) is 112 Å². The number of carbonyl (C=O) groups is 2. The van der Waals surface area contributed by atoms with Crippen molar-refractivity contribution in [1.82, 2.24) is 58.4 Å². The van der Waals surface area contributed by atoms with Gasteiger partial charge in [-0.3, -0.25) is 19.0 Å². The Balaban J connectivity index is 0.000000156. The lowest BCUT2D eigenvalue weighted by Crippen LogP contribution is -2.41. The van der Waals surface area contributed by atoms with Gasteiger partial charge in [0.1, 0.15) is 40.5 Å². The van der Waals surface area contributed by atoms with Crippen LogP contribution < -0.4 is 5.46 Å². The fraction of sp³-hybridized carbons (Fsp3) is 0.475. The number of carbonyl (C=O) groups excluding carboxylic acids is 2. The quantitative estimate of drug-likeness (QED) is 0.0801. The van der Waals surface area contributed by atoms with Crippen LogP contribution in [-0.4, -0.2) is 129 Å². The molecule has 2 unspecified atom stereocenters. The normalized spacial score (nSPS) is 19.6. The number of rotatable bonds is 8. The monoisotopic (exact) mass is 1230 g/mol. The zero-order valence-electron chi connectivity index (χ0n) is 49.3. The van der Waals surface area contributed by atoms with Crippen molar-refractivity contribution in [3.8, 4) is 33.8 Å². The highest BCUT2D eigenvalue weighted by Crippen LogP contribution is 2.45. The van der Waals surface area contributed by atoms with Crippen LogP contribution in [0.4, 0.5) is 26.3 Å². The number of nitrogens with zero attached hydrogens (tertiary/aromatic N) is 12. The van der Waals surface area contributed by atoms with Crippen molar-refractivity contribution >= 4 is 57.8 Å². The zero-order valence-corrected chi connectivity index (χ0v) is 50.1. The van der Waals surface area contributed by atoms with Gasteiger partial charge in [0.2, 0.25) is 11.8 Å². The van der Waals surface area contributed by atoms with Crippen LogP contribution in [0.2, 0.25) is 5.15 Å². The molecule has 2 aromatic carbocycles. The first kappa shape index (κ1) is 62.9. The minimum absolute atomic E-state index is 0. The summed E-state index contributed by atoms with van der Waals surface area (Å²) in [6.45, 7) is 14.6. The fourth-order valence-electron chi connectivity index (χ4n) is 12.1. The number of halogens is 7. The van der Waals surface area contributed by atoms with E-state index in [0.717, 1.165) is 31.1 Å². The van der Waals surface area contributed by atoms with Crippen molar-refractivity contribution in [1.29, 1.82) is 0 Å². The number of ether oxygens (including phenoxy) is 2. The molecule has 0 saturated carbocycles. The second-order valence-corrected chi connectivity index (χ2v) is 24.0. The molecule has 8 aromatic rings. The minimum Gasteiger partial charge on any atom is -0.399 e. The maximum Gasteiger partial charge on any atom is 0.498 e. The van der Waals surface area contributed by atoms with Crippen LogP contribution >= 0.6 is 11.6 Å². The first-order chi connectivity index (χ1) is 40.8. The maximum absolute atomic E-state index is 15.7. The van der Waals surface area contributed by atoms with E-state index >= 15 is 8.78 Å². The fourth-order valence-corrected chi connectivity index (χ4v) is 12.3. The SMILES string of the molecule is C.CC1C(=O)N(C)Cc2c(-c3c(F)ccc4nc(-c5cnn(C)c5)c(C(F)F)cc34)nc(C3CCOCC3)n21.CC1C(=O)N(C)Cc2c(-c3c(F)ccc4nc(Cl)c(C(F)F)cc34)nc(C3CCOCC3)n21.Cn1cc(B2OC(C)(C)C(C)(C)O2)cn1. The Kier molecular flexibility index (Phi) is 17.6. The summed E-state index contributed by atoms with van der Waals surface area (Å²) in [5, 5.41) is 8.34. The summed E-state index contributed by atoms with van der Waals surface area (Å²) in [4.78, 5) is 47.3. The molecule has 6 aromatic heterocycles. The summed E-state index contributed by atoms with van der Waals surface area (Å²) in [7, 11) is 6.66. The van der Waals surface area contributed by atoms with Gasteiger partial charge in [-0.2, -0.15) is 10.2 Å². The van der Waals surface area contributed by atoms with Gasteiger partial charge in [0.05, 0.1) is 75.6 Å². The van der Waals surface area contributed by atoms with Crippen molar-refractivity contribution in [3.63, 3.8) is 0 Å². The van der Waals surface area contributed by atoms with Gasteiger partial charge in [-0.1, -0.05) is 19.0 Å². The summed E-state index contributed by atoms with van der Waals surface area (Å²) < 4.78 is 117. The van der Waals surface area contributed by atoms with Gasteiger partial charge in [0.15, 0.2) is 0 Å². The summed E-state index contributed by atoms with van der Waals surface area (Å²) in [6, 6.07) is 6.90. The average Bonchev–Trinajstić information content (AvgIpc) is 1.75. The molecule has 2 amide bonds.